The highest BCUT2D eigenvalue weighted by atomic mass is 32.2. The van der Waals surface area contributed by atoms with E-state index in [0.717, 1.165) is 0 Å². The lowest BCUT2D eigenvalue weighted by Gasteiger charge is -2.12. The molecule has 0 spiro atoms. The van der Waals surface area contributed by atoms with Crippen molar-refractivity contribution in [3.05, 3.63) is 12.4 Å². The average molecular weight is 282 g/mol. The van der Waals surface area contributed by atoms with Crippen molar-refractivity contribution in [3.8, 4) is 0 Å². The number of carboxylic acids is 1. The fourth-order valence-corrected chi connectivity index (χ4v) is 2.29. The lowest BCUT2D eigenvalue weighted by molar-refractivity contribution is -0.140. The Morgan fingerprint density at radius 2 is 2.32 bits per heavy atom. The molecule has 1 atom stereocenters. The van der Waals surface area contributed by atoms with Gasteiger partial charge >= 0.3 is 5.97 Å². The Kier molecular flexibility index (Phi) is 3.90. The van der Waals surface area contributed by atoms with E-state index in [0.29, 0.717) is 10.7 Å². The molecule has 2 heterocycles. The van der Waals surface area contributed by atoms with Crippen LogP contribution in [0.15, 0.2) is 17.4 Å². The number of carbonyl (C=O) groups is 2. The summed E-state index contributed by atoms with van der Waals surface area (Å²) in [6.07, 6.45) is 3.02. The number of nitrogens with zero attached hydrogens (tertiary/aromatic N) is 5. The maximum absolute atomic E-state index is 11.0. The zero-order valence-electron chi connectivity index (χ0n) is 9.85. The molecule has 19 heavy (non-hydrogen) atoms. The maximum Gasteiger partial charge on any atom is 0.327 e. The van der Waals surface area contributed by atoms with Gasteiger partial charge in [0.25, 0.3) is 0 Å². The van der Waals surface area contributed by atoms with Crippen molar-refractivity contribution in [1.82, 2.24) is 30.3 Å². The third kappa shape index (κ3) is 3.16. The number of carbonyl (C=O) groups excluding carboxylic acids is 1. The van der Waals surface area contributed by atoms with E-state index in [1.54, 1.807) is 0 Å². The summed E-state index contributed by atoms with van der Waals surface area (Å²) in [5.74, 6) is -1.35. The topological polar surface area (TPSA) is 122 Å². The number of hydrogen-bond acceptors (Lipinski definition) is 7. The molecule has 2 rings (SSSR count). The Labute approximate surface area is 111 Å². The van der Waals surface area contributed by atoms with Crippen LogP contribution >= 0.6 is 11.8 Å². The summed E-state index contributed by atoms with van der Waals surface area (Å²) in [5.41, 5.74) is 0.469. The number of rotatable bonds is 5. The minimum Gasteiger partial charge on any atom is -0.480 e. The number of carboxylic acid groups (broad SMARTS) is 1. The van der Waals surface area contributed by atoms with Gasteiger partial charge in [0.1, 0.15) is 11.1 Å². The first-order valence-electron chi connectivity index (χ1n) is 5.22. The molecule has 1 amide bonds. The molecule has 0 aliphatic rings. The molecule has 0 radical (unpaired) electrons. The zero-order valence-corrected chi connectivity index (χ0v) is 10.7. The predicted octanol–water partition coefficient (Wildman–Crippen LogP) is -0.799. The standard InChI is InChI=1S/C9H10N6O3S/c1-5(16)11-6(9(17)18)4-19-8-3-10-2-7-12-13-14-15(7)8/h2-3,6H,4H2,1H3,(H,11,16)(H,17,18)/t6-/m0/s1. The van der Waals surface area contributed by atoms with Gasteiger partial charge in [-0.25, -0.2) is 4.79 Å². The second-order valence-electron chi connectivity index (χ2n) is 3.60. The molecule has 0 fully saturated rings. The fourth-order valence-electron chi connectivity index (χ4n) is 1.34. The number of amides is 1. The van der Waals surface area contributed by atoms with Crippen LogP contribution in [-0.4, -0.2) is 53.8 Å². The highest BCUT2D eigenvalue weighted by Gasteiger charge is 2.19. The largest absolute Gasteiger partial charge is 0.480 e. The first-order valence-corrected chi connectivity index (χ1v) is 6.21. The van der Waals surface area contributed by atoms with Crippen molar-refractivity contribution >= 4 is 29.3 Å². The second-order valence-corrected chi connectivity index (χ2v) is 4.64. The number of hydrogen-bond donors (Lipinski definition) is 2. The van der Waals surface area contributed by atoms with Gasteiger partial charge in [0, 0.05) is 12.7 Å². The van der Waals surface area contributed by atoms with Crippen molar-refractivity contribution in [2.24, 2.45) is 0 Å². The number of aromatic nitrogens is 5. The molecule has 0 saturated carbocycles. The predicted molar refractivity (Wildman–Crippen MR) is 64.5 cm³/mol. The van der Waals surface area contributed by atoms with Gasteiger partial charge in [-0.1, -0.05) is 0 Å². The molecule has 0 aliphatic heterocycles. The highest BCUT2D eigenvalue weighted by Crippen LogP contribution is 2.17. The summed E-state index contributed by atoms with van der Waals surface area (Å²) in [5, 5.41) is 22.9. The van der Waals surface area contributed by atoms with E-state index in [4.69, 9.17) is 5.11 Å². The Bertz CT molecular complexity index is 615. The lowest BCUT2D eigenvalue weighted by Crippen LogP contribution is -2.41. The van der Waals surface area contributed by atoms with Crippen LogP contribution in [0.3, 0.4) is 0 Å². The molecular weight excluding hydrogens is 272 g/mol. The molecule has 9 nitrogen and oxygen atoms in total. The van der Waals surface area contributed by atoms with E-state index in [-0.39, 0.29) is 5.75 Å². The average Bonchev–Trinajstić information content (AvgIpc) is 2.82. The van der Waals surface area contributed by atoms with Gasteiger partial charge in [-0.2, -0.15) is 4.52 Å². The molecule has 0 aliphatic carbocycles. The summed E-state index contributed by atoms with van der Waals surface area (Å²) in [7, 11) is 0. The van der Waals surface area contributed by atoms with E-state index in [9.17, 15) is 9.59 Å². The van der Waals surface area contributed by atoms with E-state index in [2.05, 4.69) is 25.8 Å². The maximum atomic E-state index is 11.0. The SMILES string of the molecule is CC(=O)N[C@@H](CSc1cncc2nnnn12)C(=O)O. The zero-order chi connectivity index (χ0) is 13.8. The van der Waals surface area contributed by atoms with Gasteiger partial charge in [-0.05, 0) is 10.4 Å². The van der Waals surface area contributed by atoms with E-state index < -0.39 is 17.9 Å². The molecule has 2 aromatic rings. The van der Waals surface area contributed by atoms with Gasteiger partial charge in [-0.15, -0.1) is 16.9 Å². The molecule has 0 unspecified atom stereocenters. The highest BCUT2D eigenvalue weighted by molar-refractivity contribution is 7.99. The molecule has 2 N–H and O–H groups in total. The van der Waals surface area contributed by atoms with Crippen molar-refractivity contribution in [2.75, 3.05) is 5.75 Å². The molecule has 0 aromatic carbocycles. The first-order chi connectivity index (χ1) is 9.08. The van der Waals surface area contributed by atoms with Crippen molar-refractivity contribution in [1.29, 1.82) is 0 Å². The number of thioether (sulfide) groups is 1. The first kappa shape index (κ1) is 13.2. The molecule has 10 heteroatoms. The Balaban J connectivity index is 2.10. The number of tetrazole rings is 1. The van der Waals surface area contributed by atoms with Crippen molar-refractivity contribution < 1.29 is 14.7 Å². The van der Waals surface area contributed by atoms with Crippen LogP contribution in [0.4, 0.5) is 0 Å². The number of nitrogens with one attached hydrogen (secondary N) is 1. The van der Waals surface area contributed by atoms with E-state index in [1.165, 1.54) is 35.6 Å². The third-order valence-electron chi connectivity index (χ3n) is 2.15. The van der Waals surface area contributed by atoms with Crippen LogP contribution in [-0.2, 0) is 9.59 Å². The third-order valence-corrected chi connectivity index (χ3v) is 3.22. The Hall–Kier alpha value is -2.23. The molecule has 100 valence electrons. The molecule has 0 bridgehead atoms. The Morgan fingerprint density at radius 1 is 1.53 bits per heavy atom. The number of fused-ring (bicyclic) bond motifs is 1. The summed E-state index contributed by atoms with van der Waals surface area (Å²) in [4.78, 5) is 25.8. The van der Waals surface area contributed by atoms with Crippen molar-refractivity contribution in [2.45, 2.75) is 18.0 Å². The van der Waals surface area contributed by atoms with Crippen LogP contribution in [0.25, 0.3) is 5.65 Å². The van der Waals surface area contributed by atoms with Crippen molar-refractivity contribution in [3.63, 3.8) is 0 Å². The smallest absolute Gasteiger partial charge is 0.327 e. The fraction of sp³-hybridized carbons (Fsp3) is 0.333. The van der Waals surface area contributed by atoms with Gasteiger partial charge < -0.3 is 10.4 Å². The summed E-state index contributed by atoms with van der Waals surface area (Å²) >= 11 is 1.20. The van der Waals surface area contributed by atoms with Crippen LogP contribution in [0.1, 0.15) is 6.92 Å². The van der Waals surface area contributed by atoms with E-state index >= 15 is 0 Å². The lowest BCUT2D eigenvalue weighted by atomic mass is 10.3. The normalized spacial score (nSPS) is 12.3. The minimum absolute atomic E-state index is 0.148. The second kappa shape index (κ2) is 5.61. The number of aliphatic carboxylic acids is 1. The molecule has 2 aromatic heterocycles. The summed E-state index contributed by atoms with van der Waals surface area (Å²) in [6.45, 7) is 1.27. The molecule has 0 saturated heterocycles. The van der Waals surface area contributed by atoms with Gasteiger partial charge in [0.15, 0.2) is 5.65 Å². The van der Waals surface area contributed by atoms with Crippen LogP contribution in [0.2, 0.25) is 0 Å². The van der Waals surface area contributed by atoms with Crippen LogP contribution < -0.4 is 5.32 Å². The van der Waals surface area contributed by atoms with Crippen LogP contribution in [0, 0.1) is 0 Å². The molecular formula is C9H10N6O3S. The van der Waals surface area contributed by atoms with Gasteiger partial charge in [0.05, 0.1) is 12.4 Å². The minimum atomic E-state index is -1.10. The summed E-state index contributed by atoms with van der Waals surface area (Å²) < 4.78 is 1.45. The van der Waals surface area contributed by atoms with E-state index in [1.807, 2.05) is 0 Å². The van der Waals surface area contributed by atoms with Gasteiger partial charge in [0.2, 0.25) is 5.91 Å². The van der Waals surface area contributed by atoms with Crippen LogP contribution in [0.5, 0.6) is 0 Å². The van der Waals surface area contributed by atoms with Gasteiger partial charge in [-0.3, -0.25) is 9.78 Å². The Morgan fingerprint density at radius 3 is 3.00 bits per heavy atom. The monoisotopic (exact) mass is 282 g/mol. The quantitative estimate of drug-likeness (QED) is 0.683. The summed E-state index contributed by atoms with van der Waals surface area (Å²) in [6, 6.07) is -0.978.